The number of tetrazole rings is 1. The van der Waals surface area contributed by atoms with Gasteiger partial charge in [-0.2, -0.15) is 4.68 Å². The van der Waals surface area contributed by atoms with Gasteiger partial charge in [0.15, 0.2) is 0 Å². The molecular formula is C23H27N5OS. The Kier molecular flexibility index (Phi) is 6.47. The van der Waals surface area contributed by atoms with Crippen molar-refractivity contribution in [3.05, 3.63) is 59.7 Å². The zero-order chi connectivity index (χ0) is 20.9. The summed E-state index contributed by atoms with van der Waals surface area (Å²) in [5.41, 5.74) is 4.15. The van der Waals surface area contributed by atoms with Gasteiger partial charge in [0, 0.05) is 11.7 Å². The number of rotatable bonds is 6. The minimum absolute atomic E-state index is 0.106. The van der Waals surface area contributed by atoms with Gasteiger partial charge in [-0.05, 0) is 60.4 Å². The molecule has 0 bridgehead atoms. The summed E-state index contributed by atoms with van der Waals surface area (Å²) < 4.78 is 1.75. The number of anilines is 1. The summed E-state index contributed by atoms with van der Waals surface area (Å²) in [5.74, 6) is 0.408. The molecule has 4 rings (SSSR count). The third-order valence-corrected chi connectivity index (χ3v) is 6.56. The van der Waals surface area contributed by atoms with Crippen molar-refractivity contribution in [2.75, 3.05) is 10.7 Å². The van der Waals surface area contributed by atoms with E-state index >= 15 is 0 Å². The SMILES string of the molecule is Cc1cccc(C)c1-n1nnnc1SCC(=O)N(c1ccccc1)C1CCCCC1. The van der Waals surface area contributed by atoms with Crippen molar-refractivity contribution < 1.29 is 4.79 Å². The standard InChI is InChI=1S/C23H27N5OS/c1-17-10-9-11-18(2)22(17)28-23(24-25-26-28)30-16-21(29)27(19-12-5-3-6-13-19)20-14-7-4-8-15-20/h3,5-6,9-13,20H,4,7-8,14-16H2,1-2H3. The topological polar surface area (TPSA) is 63.9 Å². The highest BCUT2D eigenvalue weighted by Crippen LogP contribution is 2.29. The molecule has 1 aromatic heterocycles. The first kappa shape index (κ1) is 20.6. The van der Waals surface area contributed by atoms with Crippen LogP contribution in [-0.2, 0) is 4.79 Å². The second kappa shape index (κ2) is 9.43. The number of thioether (sulfide) groups is 1. The van der Waals surface area contributed by atoms with Crippen molar-refractivity contribution in [2.45, 2.75) is 57.1 Å². The number of carbonyl (C=O) groups is 1. The predicted octanol–water partition coefficient (Wildman–Crippen LogP) is 4.74. The van der Waals surface area contributed by atoms with Gasteiger partial charge in [0.2, 0.25) is 11.1 Å². The van der Waals surface area contributed by atoms with Gasteiger partial charge in [0.05, 0.1) is 11.4 Å². The summed E-state index contributed by atoms with van der Waals surface area (Å²) >= 11 is 1.40. The largest absolute Gasteiger partial charge is 0.309 e. The van der Waals surface area contributed by atoms with Crippen LogP contribution in [0.4, 0.5) is 5.69 Å². The van der Waals surface area contributed by atoms with Crippen LogP contribution in [0.5, 0.6) is 0 Å². The molecule has 1 saturated carbocycles. The monoisotopic (exact) mass is 421 g/mol. The summed E-state index contributed by atoms with van der Waals surface area (Å²) in [6.07, 6.45) is 5.74. The van der Waals surface area contributed by atoms with Crippen LogP contribution in [0.3, 0.4) is 0 Å². The Hall–Kier alpha value is -2.67. The second-order valence-corrected chi connectivity index (χ2v) is 8.74. The Morgan fingerprint density at radius 2 is 1.73 bits per heavy atom. The maximum Gasteiger partial charge on any atom is 0.237 e. The Bertz CT molecular complexity index is 978. The Morgan fingerprint density at radius 1 is 1.03 bits per heavy atom. The molecule has 0 N–H and O–H groups in total. The van der Waals surface area contributed by atoms with Gasteiger partial charge in [-0.1, -0.05) is 67.4 Å². The number of hydrogen-bond acceptors (Lipinski definition) is 5. The van der Waals surface area contributed by atoms with Crippen LogP contribution in [0.2, 0.25) is 0 Å². The van der Waals surface area contributed by atoms with E-state index in [-0.39, 0.29) is 11.9 Å². The van der Waals surface area contributed by atoms with Crippen LogP contribution >= 0.6 is 11.8 Å². The van der Waals surface area contributed by atoms with Crippen molar-refractivity contribution in [3.63, 3.8) is 0 Å². The van der Waals surface area contributed by atoms with E-state index in [0.717, 1.165) is 35.3 Å². The van der Waals surface area contributed by atoms with Crippen molar-refractivity contribution >= 4 is 23.4 Å². The van der Waals surface area contributed by atoms with Gasteiger partial charge in [0.1, 0.15) is 0 Å². The number of benzene rings is 2. The van der Waals surface area contributed by atoms with E-state index in [4.69, 9.17) is 0 Å². The van der Waals surface area contributed by atoms with E-state index < -0.39 is 0 Å². The molecule has 0 radical (unpaired) electrons. The smallest absolute Gasteiger partial charge is 0.237 e. The fourth-order valence-electron chi connectivity index (χ4n) is 4.23. The number of para-hydroxylation sites is 2. The first-order chi connectivity index (χ1) is 14.6. The maximum absolute atomic E-state index is 13.3. The molecule has 0 saturated heterocycles. The average Bonchev–Trinajstić information content (AvgIpc) is 3.22. The summed E-state index contributed by atoms with van der Waals surface area (Å²) in [4.78, 5) is 15.3. The highest BCUT2D eigenvalue weighted by molar-refractivity contribution is 7.99. The zero-order valence-corrected chi connectivity index (χ0v) is 18.3. The van der Waals surface area contributed by atoms with Gasteiger partial charge < -0.3 is 4.90 Å². The van der Waals surface area contributed by atoms with Gasteiger partial charge >= 0.3 is 0 Å². The number of amides is 1. The van der Waals surface area contributed by atoms with E-state index in [9.17, 15) is 4.79 Å². The molecule has 156 valence electrons. The first-order valence-electron chi connectivity index (χ1n) is 10.5. The molecule has 1 fully saturated rings. The molecule has 1 aliphatic rings. The van der Waals surface area contributed by atoms with Gasteiger partial charge in [-0.15, -0.1) is 5.10 Å². The molecule has 0 unspecified atom stereocenters. The van der Waals surface area contributed by atoms with E-state index in [2.05, 4.69) is 15.5 Å². The summed E-state index contributed by atoms with van der Waals surface area (Å²) in [5, 5.41) is 12.9. The third-order valence-electron chi connectivity index (χ3n) is 5.66. The van der Waals surface area contributed by atoms with Crippen LogP contribution in [0, 0.1) is 13.8 Å². The lowest BCUT2D eigenvalue weighted by Gasteiger charge is -2.34. The molecule has 6 nitrogen and oxygen atoms in total. The average molecular weight is 422 g/mol. The molecule has 30 heavy (non-hydrogen) atoms. The van der Waals surface area contributed by atoms with Crippen LogP contribution in [-0.4, -0.2) is 37.9 Å². The third kappa shape index (κ3) is 4.41. The molecule has 0 atom stereocenters. The summed E-state index contributed by atoms with van der Waals surface area (Å²) in [6.45, 7) is 4.09. The predicted molar refractivity (Wildman–Crippen MR) is 120 cm³/mol. The van der Waals surface area contributed by atoms with E-state index in [1.54, 1.807) is 4.68 Å². The van der Waals surface area contributed by atoms with Gasteiger partial charge in [-0.25, -0.2) is 0 Å². The number of carbonyl (C=O) groups excluding carboxylic acids is 1. The minimum Gasteiger partial charge on any atom is -0.309 e. The van der Waals surface area contributed by atoms with Crippen LogP contribution in [0.25, 0.3) is 5.69 Å². The fraction of sp³-hybridized carbons (Fsp3) is 0.391. The fourth-order valence-corrected chi connectivity index (χ4v) is 4.97. The molecule has 2 aromatic carbocycles. The molecule has 0 spiro atoms. The number of hydrogen-bond donors (Lipinski definition) is 0. The molecule has 1 heterocycles. The molecule has 1 amide bonds. The number of aryl methyl sites for hydroxylation is 2. The molecule has 3 aromatic rings. The number of aromatic nitrogens is 4. The van der Waals surface area contributed by atoms with Crippen molar-refractivity contribution in [3.8, 4) is 5.69 Å². The van der Waals surface area contributed by atoms with Crippen LogP contribution in [0.1, 0.15) is 43.2 Å². The van der Waals surface area contributed by atoms with E-state index in [1.165, 1.54) is 31.0 Å². The highest BCUT2D eigenvalue weighted by atomic mass is 32.2. The normalized spacial score (nSPS) is 14.6. The molecular weight excluding hydrogens is 394 g/mol. The number of nitrogens with zero attached hydrogens (tertiary/aromatic N) is 5. The van der Waals surface area contributed by atoms with Crippen molar-refractivity contribution in [2.24, 2.45) is 0 Å². The first-order valence-corrected chi connectivity index (χ1v) is 11.5. The summed E-state index contributed by atoms with van der Waals surface area (Å²) in [7, 11) is 0. The van der Waals surface area contributed by atoms with Gasteiger partial charge in [0.25, 0.3) is 0 Å². The van der Waals surface area contributed by atoms with E-state index in [1.807, 2.05) is 67.3 Å². The molecule has 0 aliphatic heterocycles. The lowest BCUT2D eigenvalue weighted by atomic mass is 9.93. The lowest BCUT2D eigenvalue weighted by Crippen LogP contribution is -2.42. The molecule has 7 heteroatoms. The van der Waals surface area contributed by atoms with Crippen LogP contribution in [0.15, 0.2) is 53.7 Å². The Morgan fingerprint density at radius 3 is 2.43 bits per heavy atom. The van der Waals surface area contributed by atoms with Crippen LogP contribution < -0.4 is 4.90 Å². The summed E-state index contributed by atoms with van der Waals surface area (Å²) in [6, 6.07) is 16.4. The quantitative estimate of drug-likeness (QED) is 0.538. The molecule has 1 aliphatic carbocycles. The second-order valence-electron chi connectivity index (χ2n) is 7.79. The maximum atomic E-state index is 13.3. The minimum atomic E-state index is 0.106. The van der Waals surface area contributed by atoms with Gasteiger partial charge in [-0.3, -0.25) is 4.79 Å². The van der Waals surface area contributed by atoms with E-state index in [0.29, 0.717) is 10.9 Å². The van der Waals surface area contributed by atoms with Crippen molar-refractivity contribution in [1.29, 1.82) is 0 Å². The van der Waals surface area contributed by atoms with Crippen molar-refractivity contribution in [1.82, 2.24) is 20.2 Å². The Balaban J connectivity index is 1.54. The lowest BCUT2D eigenvalue weighted by molar-refractivity contribution is -0.116. The Labute approximate surface area is 181 Å². The zero-order valence-electron chi connectivity index (χ0n) is 17.5. The highest BCUT2D eigenvalue weighted by Gasteiger charge is 2.27.